The Bertz CT molecular complexity index is 295. The van der Waals surface area contributed by atoms with Gasteiger partial charge >= 0.3 is 0 Å². The highest BCUT2D eigenvalue weighted by molar-refractivity contribution is 4.94. The van der Waals surface area contributed by atoms with E-state index in [9.17, 15) is 0 Å². The first kappa shape index (κ1) is 16.3. The van der Waals surface area contributed by atoms with E-state index in [4.69, 9.17) is 0 Å². The summed E-state index contributed by atoms with van der Waals surface area (Å²) < 4.78 is 0. The lowest BCUT2D eigenvalue weighted by Gasteiger charge is -2.48. The van der Waals surface area contributed by atoms with Gasteiger partial charge in [-0.2, -0.15) is 0 Å². The number of piperazine rings is 1. The zero-order chi connectivity index (χ0) is 14.6. The van der Waals surface area contributed by atoms with E-state index in [0.717, 1.165) is 0 Å². The predicted molar refractivity (Wildman–Crippen MR) is 87.2 cm³/mol. The number of nitrogens with one attached hydrogen (secondary N) is 1. The third-order valence-electron chi connectivity index (χ3n) is 5.55. The van der Waals surface area contributed by atoms with Crippen LogP contribution in [0.4, 0.5) is 0 Å². The van der Waals surface area contributed by atoms with Crippen molar-refractivity contribution in [1.29, 1.82) is 0 Å². The fourth-order valence-electron chi connectivity index (χ4n) is 4.00. The minimum absolute atomic E-state index is 0.328. The van der Waals surface area contributed by atoms with Gasteiger partial charge in [0.15, 0.2) is 0 Å². The molecule has 0 radical (unpaired) electrons. The summed E-state index contributed by atoms with van der Waals surface area (Å²) in [6.07, 6.45) is 6.97. The lowest BCUT2D eigenvalue weighted by molar-refractivity contribution is 0.0165. The van der Waals surface area contributed by atoms with Gasteiger partial charge in [0.1, 0.15) is 0 Å². The molecule has 0 atom stereocenters. The van der Waals surface area contributed by atoms with Crippen molar-refractivity contribution in [1.82, 2.24) is 15.1 Å². The van der Waals surface area contributed by atoms with Crippen LogP contribution in [0.3, 0.4) is 0 Å². The van der Waals surface area contributed by atoms with E-state index in [1.54, 1.807) is 0 Å². The molecule has 2 rings (SSSR count). The highest BCUT2D eigenvalue weighted by atomic mass is 15.3. The molecule has 1 heterocycles. The van der Waals surface area contributed by atoms with Crippen LogP contribution in [0.15, 0.2) is 0 Å². The summed E-state index contributed by atoms with van der Waals surface area (Å²) >= 11 is 0. The normalized spacial score (nSPS) is 27.0. The molecule has 2 fully saturated rings. The molecule has 0 aromatic rings. The van der Waals surface area contributed by atoms with Crippen LogP contribution in [-0.4, -0.2) is 61.7 Å². The van der Waals surface area contributed by atoms with Crippen molar-refractivity contribution in [2.45, 2.75) is 58.4 Å². The summed E-state index contributed by atoms with van der Waals surface area (Å²) in [5.74, 6) is 0. The Morgan fingerprint density at radius 2 is 1.80 bits per heavy atom. The lowest BCUT2D eigenvalue weighted by Crippen LogP contribution is -2.59. The number of rotatable bonds is 6. The van der Waals surface area contributed by atoms with Gasteiger partial charge in [-0.1, -0.05) is 19.8 Å². The summed E-state index contributed by atoms with van der Waals surface area (Å²) in [4.78, 5) is 5.25. The molecule has 1 aliphatic carbocycles. The molecule has 2 aliphatic rings. The second kappa shape index (κ2) is 6.76. The monoisotopic (exact) mass is 281 g/mol. The number of likely N-dealkylation sites (N-methyl/N-ethyl adjacent to an activating group) is 1. The number of hydrogen-bond acceptors (Lipinski definition) is 3. The smallest absolute Gasteiger partial charge is 0.0277 e. The van der Waals surface area contributed by atoms with Gasteiger partial charge in [0.05, 0.1) is 0 Å². The van der Waals surface area contributed by atoms with Crippen molar-refractivity contribution in [3.05, 3.63) is 0 Å². The minimum Gasteiger partial charge on any atom is -0.316 e. The maximum absolute atomic E-state index is 3.70. The van der Waals surface area contributed by atoms with Crippen molar-refractivity contribution in [3.8, 4) is 0 Å². The van der Waals surface area contributed by atoms with Crippen molar-refractivity contribution < 1.29 is 0 Å². The Balaban J connectivity index is 1.91. The average molecular weight is 281 g/mol. The van der Waals surface area contributed by atoms with Gasteiger partial charge in [0.25, 0.3) is 0 Å². The fraction of sp³-hybridized carbons (Fsp3) is 1.00. The first-order valence-corrected chi connectivity index (χ1v) is 8.62. The van der Waals surface area contributed by atoms with Gasteiger partial charge in [-0.25, -0.2) is 0 Å². The average Bonchev–Trinajstić information content (AvgIpc) is 2.83. The first-order valence-electron chi connectivity index (χ1n) is 8.62. The van der Waals surface area contributed by atoms with Gasteiger partial charge in [-0.05, 0) is 52.1 Å². The molecule has 20 heavy (non-hydrogen) atoms. The van der Waals surface area contributed by atoms with Crippen LogP contribution in [0.2, 0.25) is 0 Å². The molecule has 1 saturated carbocycles. The Morgan fingerprint density at radius 1 is 1.10 bits per heavy atom. The molecule has 0 spiro atoms. The third-order valence-corrected chi connectivity index (χ3v) is 5.55. The molecule has 3 heteroatoms. The lowest BCUT2D eigenvalue weighted by atomic mass is 9.84. The molecule has 0 aromatic carbocycles. The molecular formula is C17H35N3. The zero-order valence-corrected chi connectivity index (χ0v) is 14.2. The Morgan fingerprint density at radius 3 is 2.40 bits per heavy atom. The van der Waals surface area contributed by atoms with Crippen LogP contribution in [0.5, 0.6) is 0 Å². The molecule has 0 bridgehead atoms. The maximum atomic E-state index is 3.70. The summed E-state index contributed by atoms with van der Waals surface area (Å²) in [5, 5.41) is 3.70. The topological polar surface area (TPSA) is 18.5 Å². The first-order chi connectivity index (χ1) is 9.47. The van der Waals surface area contributed by atoms with Crippen molar-refractivity contribution >= 4 is 0 Å². The zero-order valence-electron chi connectivity index (χ0n) is 14.2. The number of hydrogen-bond donors (Lipinski definition) is 1. The third kappa shape index (κ3) is 3.96. The second-order valence-corrected chi connectivity index (χ2v) is 7.83. The van der Waals surface area contributed by atoms with E-state index in [1.165, 1.54) is 71.4 Å². The van der Waals surface area contributed by atoms with Gasteiger partial charge in [-0.3, -0.25) is 9.80 Å². The van der Waals surface area contributed by atoms with E-state index in [-0.39, 0.29) is 0 Å². The van der Waals surface area contributed by atoms with Gasteiger partial charge in [0.2, 0.25) is 0 Å². The molecule has 3 nitrogen and oxygen atoms in total. The largest absolute Gasteiger partial charge is 0.316 e. The van der Waals surface area contributed by atoms with Crippen molar-refractivity contribution in [2.75, 3.05) is 46.3 Å². The van der Waals surface area contributed by atoms with E-state index >= 15 is 0 Å². The molecule has 118 valence electrons. The highest BCUT2D eigenvalue weighted by Crippen LogP contribution is 2.39. The van der Waals surface area contributed by atoms with Crippen molar-refractivity contribution in [2.24, 2.45) is 5.41 Å². The van der Waals surface area contributed by atoms with Gasteiger partial charge < -0.3 is 5.32 Å². The summed E-state index contributed by atoms with van der Waals surface area (Å²) in [6.45, 7) is 14.4. The van der Waals surface area contributed by atoms with Crippen molar-refractivity contribution in [3.63, 3.8) is 0 Å². The maximum Gasteiger partial charge on any atom is 0.0277 e. The van der Waals surface area contributed by atoms with E-state index in [0.29, 0.717) is 11.0 Å². The quantitative estimate of drug-likeness (QED) is 0.755. The van der Waals surface area contributed by atoms with E-state index in [2.05, 4.69) is 42.9 Å². The molecular weight excluding hydrogens is 246 g/mol. The standard InChI is InChI=1S/C17H35N3/c1-5-10-18-13-17(8-6-7-9-17)15-20-12-11-19(4)16(2,3)14-20/h18H,5-15H2,1-4H3. The van der Waals surface area contributed by atoms with Crippen LogP contribution < -0.4 is 5.32 Å². The molecule has 0 amide bonds. The summed E-state index contributed by atoms with van der Waals surface area (Å²) in [7, 11) is 2.27. The SMILES string of the molecule is CCCNCC1(CN2CCN(C)C(C)(C)C2)CCCC1. The summed E-state index contributed by atoms with van der Waals surface area (Å²) in [5.41, 5.74) is 0.885. The molecule has 0 aromatic heterocycles. The number of nitrogens with zero attached hydrogens (tertiary/aromatic N) is 2. The molecule has 1 N–H and O–H groups in total. The van der Waals surface area contributed by atoms with Gasteiger partial charge in [-0.15, -0.1) is 0 Å². The molecule has 1 aliphatic heterocycles. The van der Waals surface area contributed by atoms with Gasteiger partial charge in [0, 0.05) is 38.3 Å². The second-order valence-electron chi connectivity index (χ2n) is 7.83. The summed E-state index contributed by atoms with van der Waals surface area (Å²) in [6, 6.07) is 0. The fourth-order valence-corrected chi connectivity index (χ4v) is 4.00. The highest BCUT2D eigenvalue weighted by Gasteiger charge is 2.38. The Kier molecular flexibility index (Phi) is 5.49. The Hall–Kier alpha value is -0.120. The van der Waals surface area contributed by atoms with E-state index < -0.39 is 0 Å². The van der Waals surface area contributed by atoms with Crippen LogP contribution in [0.25, 0.3) is 0 Å². The Labute approximate surface area is 126 Å². The van der Waals surface area contributed by atoms with Crippen LogP contribution >= 0.6 is 0 Å². The van der Waals surface area contributed by atoms with Crippen LogP contribution in [-0.2, 0) is 0 Å². The van der Waals surface area contributed by atoms with Crippen LogP contribution in [0.1, 0.15) is 52.9 Å². The van der Waals surface area contributed by atoms with Crippen LogP contribution in [0, 0.1) is 5.41 Å². The van der Waals surface area contributed by atoms with E-state index in [1.807, 2.05) is 0 Å². The minimum atomic E-state index is 0.328. The molecule has 0 unspecified atom stereocenters. The predicted octanol–water partition coefficient (Wildman–Crippen LogP) is 2.57. The molecule has 1 saturated heterocycles.